The van der Waals surface area contributed by atoms with E-state index in [4.69, 9.17) is 9.72 Å². The van der Waals surface area contributed by atoms with Crippen LogP contribution in [0.3, 0.4) is 0 Å². The number of aromatic carboxylic acids is 1. The molecule has 1 aromatic carbocycles. The zero-order valence-corrected chi connectivity index (χ0v) is 20.2. The van der Waals surface area contributed by atoms with E-state index in [1.807, 2.05) is 69.0 Å². The predicted molar refractivity (Wildman–Crippen MR) is 135 cm³/mol. The highest BCUT2D eigenvalue weighted by atomic mass is 32.1. The summed E-state index contributed by atoms with van der Waals surface area (Å²) >= 11 is 1.59. The van der Waals surface area contributed by atoms with Crippen molar-refractivity contribution in [2.24, 2.45) is 7.05 Å². The first-order valence-corrected chi connectivity index (χ1v) is 11.6. The number of carboxylic acids is 1. The molecule has 0 aliphatic rings. The molecule has 0 saturated heterocycles. The number of hydrogen-bond donors (Lipinski definition) is 1. The van der Waals surface area contributed by atoms with Crippen LogP contribution >= 0.6 is 11.3 Å². The largest absolute Gasteiger partial charge is 0.478 e. The van der Waals surface area contributed by atoms with Crippen LogP contribution in [0.2, 0.25) is 0 Å². The van der Waals surface area contributed by atoms with Crippen LogP contribution in [0, 0.1) is 6.92 Å². The smallest absolute Gasteiger partial charge is 0.338 e. The predicted octanol–water partition coefficient (Wildman–Crippen LogP) is 5.71. The SMILES string of the molecule is Cc1c(C(=O)O)c2ccc(Oc3ccnc4cc(-c5cccc(CN(C)C)n5)sc34)cc2n1C. The van der Waals surface area contributed by atoms with Gasteiger partial charge in [-0.2, -0.15) is 0 Å². The quantitative estimate of drug-likeness (QED) is 0.341. The first kappa shape index (κ1) is 22.1. The van der Waals surface area contributed by atoms with E-state index in [2.05, 4.69) is 9.88 Å². The summed E-state index contributed by atoms with van der Waals surface area (Å²) in [6.45, 7) is 2.58. The molecule has 4 aromatic heterocycles. The Morgan fingerprint density at radius 2 is 2.00 bits per heavy atom. The number of nitrogens with zero attached hydrogens (tertiary/aromatic N) is 4. The van der Waals surface area contributed by atoms with Gasteiger partial charge in [0.2, 0.25) is 0 Å². The molecule has 0 radical (unpaired) electrons. The number of benzene rings is 1. The third kappa shape index (κ3) is 3.91. The van der Waals surface area contributed by atoms with Crippen molar-refractivity contribution in [2.75, 3.05) is 14.1 Å². The molecule has 0 aliphatic heterocycles. The lowest BCUT2D eigenvalue weighted by molar-refractivity contribution is 0.0698. The van der Waals surface area contributed by atoms with Gasteiger partial charge in [0.05, 0.1) is 37.6 Å². The van der Waals surface area contributed by atoms with Crippen molar-refractivity contribution in [3.63, 3.8) is 0 Å². The van der Waals surface area contributed by atoms with Crippen LogP contribution in [0.4, 0.5) is 0 Å². The molecular formula is C26H24N4O3S. The number of fused-ring (bicyclic) bond motifs is 2. The van der Waals surface area contributed by atoms with Gasteiger partial charge in [0, 0.05) is 43.0 Å². The van der Waals surface area contributed by atoms with E-state index in [1.54, 1.807) is 29.7 Å². The van der Waals surface area contributed by atoms with Crippen molar-refractivity contribution in [3.05, 3.63) is 71.7 Å². The summed E-state index contributed by atoms with van der Waals surface area (Å²) in [6, 6.07) is 15.4. The monoisotopic (exact) mass is 472 g/mol. The van der Waals surface area contributed by atoms with Crippen molar-refractivity contribution in [3.8, 4) is 22.1 Å². The summed E-state index contributed by atoms with van der Waals surface area (Å²) in [5.74, 6) is 0.412. The molecule has 5 aromatic rings. The zero-order chi connectivity index (χ0) is 24.0. The van der Waals surface area contributed by atoms with Gasteiger partial charge >= 0.3 is 5.97 Å². The van der Waals surface area contributed by atoms with E-state index in [-0.39, 0.29) is 0 Å². The van der Waals surface area contributed by atoms with Gasteiger partial charge in [-0.1, -0.05) is 6.07 Å². The molecule has 0 fully saturated rings. The molecule has 4 heterocycles. The third-order valence-electron chi connectivity index (χ3n) is 5.82. The van der Waals surface area contributed by atoms with Crippen LogP contribution in [-0.2, 0) is 13.6 Å². The molecule has 0 aliphatic carbocycles. The second-order valence-corrected chi connectivity index (χ2v) is 9.54. The van der Waals surface area contributed by atoms with E-state index in [1.165, 1.54) is 0 Å². The Balaban J connectivity index is 1.52. The van der Waals surface area contributed by atoms with Gasteiger partial charge in [0.15, 0.2) is 0 Å². The zero-order valence-electron chi connectivity index (χ0n) is 19.4. The van der Waals surface area contributed by atoms with Crippen molar-refractivity contribution in [2.45, 2.75) is 13.5 Å². The van der Waals surface area contributed by atoms with Crippen LogP contribution < -0.4 is 4.74 Å². The van der Waals surface area contributed by atoms with E-state index >= 15 is 0 Å². The van der Waals surface area contributed by atoms with Crippen LogP contribution in [0.5, 0.6) is 11.5 Å². The normalized spacial score (nSPS) is 11.6. The van der Waals surface area contributed by atoms with E-state index in [0.717, 1.165) is 38.5 Å². The molecular weight excluding hydrogens is 448 g/mol. The van der Waals surface area contributed by atoms with Gasteiger partial charge in [0.1, 0.15) is 11.5 Å². The number of ether oxygens (including phenoxy) is 1. The highest BCUT2D eigenvalue weighted by molar-refractivity contribution is 7.22. The van der Waals surface area contributed by atoms with Crippen molar-refractivity contribution >= 4 is 38.4 Å². The number of rotatable bonds is 6. The number of carboxylic acid groups (broad SMARTS) is 1. The van der Waals surface area contributed by atoms with Gasteiger partial charge in [0.25, 0.3) is 0 Å². The van der Waals surface area contributed by atoms with Crippen LogP contribution in [-0.4, -0.2) is 44.6 Å². The maximum Gasteiger partial charge on any atom is 0.338 e. The molecule has 0 saturated carbocycles. The molecule has 0 bridgehead atoms. The van der Waals surface area contributed by atoms with Crippen molar-refractivity contribution in [1.29, 1.82) is 0 Å². The second-order valence-electron chi connectivity index (χ2n) is 8.49. The standard InChI is InChI=1S/C26H24N4O3S/c1-15-24(26(31)32)18-9-8-17(12-21(18)30(15)4)33-22-10-11-27-20-13-23(34-25(20)22)19-7-5-6-16(28-19)14-29(2)3/h5-13H,14H2,1-4H3,(H,31,32). The molecule has 8 heteroatoms. The Bertz CT molecular complexity index is 1550. The molecule has 1 N–H and O–H groups in total. The van der Waals surface area contributed by atoms with E-state index < -0.39 is 5.97 Å². The highest BCUT2D eigenvalue weighted by Gasteiger charge is 2.19. The molecule has 34 heavy (non-hydrogen) atoms. The number of aromatic nitrogens is 3. The Kier molecular flexibility index (Phi) is 5.55. The third-order valence-corrected chi connectivity index (χ3v) is 6.98. The fourth-order valence-corrected chi connectivity index (χ4v) is 5.19. The number of aryl methyl sites for hydroxylation is 1. The molecule has 0 unspecified atom stereocenters. The van der Waals surface area contributed by atoms with Crippen LogP contribution in [0.15, 0.2) is 54.7 Å². The number of hydrogen-bond acceptors (Lipinski definition) is 6. The van der Waals surface area contributed by atoms with E-state index in [0.29, 0.717) is 28.1 Å². The molecule has 0 amide bonds. The second kappa shape index (κ2) is 8.55. The lowest BCUT2D eigenvalue weighted by atomic mass is 10.1. The summed E-state index contributed by atoms with van der Waals surface area (Å²) in [5.41, 5.74) is 4.61. The van der Waals surface area contributed by atoms with Crippen molar-refractivity contribution in [1.82, 2.24) is 19.4 Å². The summed E-state index contributed by atoms with van der Waals surface area (Å²) < 4.78 is 9.09. The minimum absolute atomic E-state index is 0.322. The Hall–Kier alpha value is -3.75. The van der Waals surface area contributed by atoms with E-state index in [9.17, 15) is 9.90 Å². The minimum atomic E-state index is -0.929. The number of thiophene rings is 1. The van der Waals surface area contributed by atoms with Gasteiger partial charge in [-0.3, -0.25) is 9.97 Å². The first-order valence-electron chi connectivity index (χ1n) is 10.8. The fourth-order valence-electron chi connectivity index (χ4n) is 4.15. The Labute approximate surface area is 200 Å². The maximum absolute atomic E-state index is 11.7. The van der Waals surface area contributed by atoms with Gasteiger partial charge < -0.3 is 19.3 Å². The van der Waals surface area contributed by atoms with Crippen molar-refractivity contribution < 1.29 is 14.6 Å². The molecule has 7 nitrogen and oxygen atoms in total. The summed E-state index contributed by atoms with van der Waals surface area (Å²) in [6.07, 6.45) is 1.73. The molecule has 5 rings (SSSR count). The Morgan fingerprint density at radius 1 is 1.18 bits per heavy atom. The molecule has 172 valence electrons. The average molecular weight is 473 g/mol. The summed E-state index contributed by atoms with van der Waals surface area (Å²) in [5, 5.41) is 10.3. The van der Waals surface area contributed by atoms with Gasteiger partial charge in [-0.15, -0.1) is 11.3 Å². The summed E-state index contributed by atoms with van der Waals surface area (Å²) in [4.78, 5) is 24.2. The Morgan fingerprint density at radius 3 is 2.76 bits per heavy atom. The minimum Gasteiger partial charge on any atom is -0.478 e. The fraction of sp³-hybridized carbons (Fsp3) is 0.192. The van der Waals surface area contributed by atoms with Crippen LogP contribution in [0.1, 0.15) is 21.7 Å². The lowest BCUT2D eigenvalue weighted by Gasteiger charge is -2.09. The van der Waals surface area contributed by atoms with Gasteiger partial charge in [-0.05, 0) is 51.4 Å². The van der Waals surface area contributed by atoms with Crippen LogP contribution in [0.25, 0.3) is 31.7 Å². The topological polar surface area (TPSA) is 80.5 Å². The average Bonchev–Trinajstić information content (AvgIpc) is 3.34. The molecule has 0 spiro atoms. The van der Waals surface area contributed by atoms with Gasteiger partial charge in [-0.25, -0.2) is 4.79 Å². The lowest BCUT2D eigenvalue weighted by Crippen LogP contribution is -2.11. The first-order chi connectivity index (χ1) is 16.3. The number of pyridine rings is 2. The number of carbonyl (C=O) groups is 1. The summed E-state index contributed by atoms with van der Waals surface area (Å²) in [7, 11) is 5.91. The highest BCUT2D eigenvalue weighted by Crippen LogP contribution is 2.39. The molecule has 0 atom stereocenters. The maximum atomic E-state index is 11.7.